The molecule has 0 bridgehead atoms. The Morgan fingerprint density at radius 3 is 2.50 bits per heavy atom. The molecule has 6 heteroatoms. The molecule has 0 spiro atoms. The number of hydrogen-bond donors (Lipinski definition) is 2. The van der Waals surface area contributed by atoms with Crippen molar-refractivity contribution in [1.82, 2.24) is 0 Å². The molecular formula is C12H17F2NO3. The molecule has 0 aliphatic rings. The summed E-state index contributed by atoms with van der Waals surface area (Å²) in [5.74, 6) is 0.0590. The number of aliphatic hydroxyl groups is 1. The Morgan fingerprint density at radius 1 is 1.33 bits per heavy atom. The summed E-state index contributed by atoms with van der Waals surface area (Å²) in [7, 11) is 1.35. The van der Waals surface area contributed by atoms with Gasteiger partial charge in [-0.2, -0.15) is 8.78 Å². The first-order valence-electron chi connectivity index (χ1n) is 5.56. The van der Waals surface area contributed by atoms with E-state index < -0.39 is 18.8 Å². The van der Waals surface area contributed by atoms with E-state index in [2.05, 4.69) is 4.74 Å². The lowest BCUT2D eigenvalue weighted by Crippen LogP contribution is -2.27. The van der Waals surface area contributed by atoms with E-state index in [1.807, 2.05) is 6.92 Å². The van der Waals surface area contributed by atoms with Gasteiger partial charge in [0.1, 0.15) is 0 Å². The van der Waals surface area contributed by atoms with Crippen molar-refractivity contribution >= 4 is 0 Å². The zero-order chi connectivity index (χ0) is 13.7. The second kappa shape index (κ2) is 6.51. The van der Waals surface area contributed by atoms with Gasteiger partial charge in [-0.05, 0) is 24.1 Å². The van der Waals surface area contributed by atoms with Crippen molar-refractivity contribution in [2.24, 2.45) is 5.73 Å². The third-order valence-electron chi connectivity index (χ3n) is 2.62. The van der Waals surface area contributed by atoms with E-state index in [-0.39, 0.29) is 11.5 Å². The molecule has 0 aliphatic carbocycles. The summed E-state index contributed by atoms with van der Waals surface area (Å²) < 4.78 is 33.7. The van der Waals surface area contributed by atoms with Crippen molar-refractivity contribution in [1.29, 1.82) is 0 Å². The highest BCUT2D eigenvalue weighted by molar-refractivity contribution is 5.43. The SMILES string of the molecule is CCC(N)C(O)c1ccc(OC)c(OC(F)F)c1. The number of hydrogen-bond acceptors (Lipinski definition) is 4. The summed E-state index contributed by atoms with van der Waals surface area (Å²) >= 11 is 0. The Balaban J connectivity index is 3.01. The molecule has 1 aromatic rings. The molecule has 0 radical (unpaired) electrons. The molecule has 4 nitrogen and oxygen atoms in total. The van der Waals surface area contributed by atoms with Crippen molar-refractivity contribution in [2.45, 2.75) is 32.1 Å². The maximum Gasteiger partial charge on any atom is 0.387 e. The van der Waals surface area contributed by atoms with Gasteiger partial charge in [0.05, 0.1) is 13.2 Å². The third kappa shape index (κ3) is 3.54. The molecule has 1 rings (SSSR count). The molecule has 3 N–H and O–H groups in total. The van der Waals surface area contributed by atoms with E-state index in [9.17, 15) is 13.9 Å². The van der Waals surface area contributed by atoms with Gasteiger partial charge < -0.3 is 20.3 Å². The van der Waals surface area contributed by atoms with Crippen molar-refractivity contribution in [3.05, 3.63) is 23.8 Å². The van der Waals surface area contributed by atoms with Gasteiger partial charge in [-0.25, -0.2) is 0 Å². The van der Waals surface area contributed by atoms with Gasteiger partial charge in [0.15, 0.2) is 11.5 Å². The van der Waals surface area contributed by atoms with Gasteiger partial charge in [-0.1, -0.05) is 13.0 Å². The highest BCUT2D eigenvalue weighted by Crippen LogP contribution is 2.32. The van der Waals surface area contributed by atoms with Crippen LogP contribution >= 0.6 is 0 Å². The number of aliphatic hydroxyl groups excluding tert-OH is 1. The number of rotatable bonds is 6. The maximum atomic E-state index is 12.2. The van der Waals surface area contributed by atoms with Crippen LogP contribution in [0, 0.1) is 0 Å². The molecule has 0 amide bonds. The van der Waals surface area contributed by atoms with Crippen molar-refractivity contribution in [3.8, 4) is 11.5 Å². The molecule has 18 heavy (non-hydrogen) atoms. The van der Waals surface area contributed by atoms with Gasteiger partial charge in [-0.15, -0.1) is 0 Å². The van der Waals surface area contributed by atoms with Crippen molar-refractivity contribution in [3.63, 3.8) is 0 Å². The first-order chi connectivity index (χ1) is 8.49. The van der Waals surface area contributed by atoms with Crippen LogP contribution in [0.2, 0.25) is 0 Å². The van der Waals surface area contributed by atoms with Gasteiger partial charge in [0.25, 0.3) is 0 Å². The van der Waals surface area contributed by atoms with Gasteiger partial charge in [-0.3, -0.25) is 0 Å². The van der Waals surface area contributed by atoms with E-state index in [4.69, 9.17) is 10.5 Å². The summed E-state index contributed by atoms with van der Waals surface area (Å²) in [6.07, 6.45) is -0.362. The highest BCUT2D eigenvalue weighted by atomic mass is 19.3. The quantitative estimate of drug-likeness (QED) is 0.822. The summed E-state index contributed by atoms with van der Waals surface area (Å²) in [5, 5.41) is 9.90. The lowest BCUT2D eigenvalue weighted by molar-refractivity contribution is -0.0513. The van der Waals surface area contributed by atoms with Crippen LogP contribution in [0.1, 0.15) is 25.0 Å². The fourth-order valence-corrected chi connectivity index (χ4v) is 1.54. The average Bonchev–Trinajstić information content (AvgIpc) is 2.36. The Bertz CT molecular complexity index is 388. The summed E-state index contributed by atoms with van der Waals surface area (Å²) in [4.78, 5) is 0. The molecule has 1 aromatic carbocycles. The van der Waals surface area contributed by atoms with E-state index in [0.717, 1.165) is 0 Å². The molecule has 2 atom stereocenters. The van der Waals surface area contributed by atoms with Gasteiger partial charge in [0, 0.05) is 6.04 Å². The normalized spacial score (nSPS) is 14.4. The first-order valence-corrected chi connectivity index (χ1v) is 5.56. The number of halogens is 2. The molecule has 0 fully saturated rings. The molecule has 0 aliphatic heterocycles. The van der Waals surface area contributed by atoms with Crippen LogP contribution in [-0.4, -0.2) is 24.9 Å². The first kappa shape index (κ1) is 14.7. The van der Waals surface area contributed by atoms with Crippen LogP contribution in [0.5, 0.6) is 11.5 Å². The Hall–Kier alpha value is -1.40. The molecule has 0 aromatic heterocycles. The molecule has 2 unspecified atom stereocenters. The van der Waals surface area contributed by atoms with Crippen LogP contribution in [0.15, 0.2) is 18.2 Å². The van der Waals surface area contributed by atoms with Crippen LogP contribution in [0.25, 0.3) is 0 Å². The molecule has 0 saturated heterocycles. The molecule has 102 valence electrons. The van der Waals surface area contributed by atoms with Crippen molar-refractivity contribution in [2.75, 3.05) is 7.11 Å². The predicted octanol–water partition coefficient (Wildman–Crippen LogP) is 2.07. The monoisotopic (exact) mass is 261 g/mol. The zero-order valence-corrected chi connectivity index (χ0v) is 10.3. The number of benzene rings is 1. The maximum absolute atomic E-state index is 12.2. The Morgan fingerprint density at radius 2 is 2.00 bits per heavy atom. The third-order valence-corrected chi connectivity index (χ3v) is 2.62. The van der Waals surface area contributed by atoms with Crippen LogP contribution in [0.4, 0.5) is 8.78 Å². The van der Waals surface area contributed by atoms with E-state index in [1.54, 1.807) is 6.07 Å². The van der Waals surface area contributed by atoms with Crippen LogP contribution in [-0.2, 0) is 0 Å². The largest absolute Gasteiger partial charge is 0.493 e. The van der Waals surface area contributed by atoms with E-state index in [1.165, 1.54) is 19.2 Å². The minimum absolute atomic E-state index is 0.118. The number of alkyl halides is 2. The fourth-order valence-electron chi connectivity index (χ4n) is 1.54. The number of nitrogens with two attached hydrogens (primary N) is 1. The number of ether oxygens (including phenoxy) is 2. The predicted molar refractivity (Wildman–Crippen MR) is 62.9 cm³/mol. The molecule has 0 heterocycles. The van der Waals surface area contributed by atoms with E-state index in [0.29, 0.717) is 12.0 Å². The fraction of sp³-hybridized carbons (Fsp3) is 0.500. The molecular weight excluding hydrogens is 244 g/mol. The standard InChI is InChI=1S/C12H17F2NO3/c1-3-8(15)11(16)7-4-5-9(17-2)10(6-7)18-12(13)14/h4-6,8,11-12,16H,3,15H2,1-2H3. The lowest BCUT2D eigenvalue weighted by Gasteiger charge is -2.19. The minimum atomic E-state index is -2.95. The summed E-state index contributed by atoms with van der Waals surface area (Å²) in [5.41, 5.74) is 6.12. The summed E-state index contributed by atoms with van der Waals surface area (Å²) in [6, 6.07) is 3.87. The van der Waals surface area contributed by atoms with Crippen molar-refractivity contribution < 1.29 is 23.4 Å². The zero-order valence-electron chi connectivity index (χ0n) is 10.3. The molecule has 0 saturated carbocycles. The van der Waals surface area contributed by atoms with E-state index >= 15 is 0 Å². The van der Waals surface area contributed by atoms with Crippen LogP contribution in [0.3, 0.4) is 0 Å². The highest BCUT2D eigenvalue weighted by Gasteiger charge is 2.18. The lowest BCUT2D eigenvalue weighted by atomic mass is 10.0. The minimum Gasteiger partial charge on any atom is -0.493 e. The summed E-state index contributed by atoms with van der Waals surface area (Å²) in [6.45, 7) is -1.13. The smallest absolute Gasteiger partial charge is 0.387 e. The second-order valence-corrected chi connectivity index (χ2v) is 3.81. The van der Waals surface area contributed by atoms with Crippen LogP contribution < -0.4 is 15.2 Å². The topological polar surface area (TPSA) is 64.7 Å². The Kier molecular flexibility index (Phi) is 5.30. The average molecular weight is 261 g/mol. The van der Waals surface area contributed by atoms with Gasteiger partial charge >= 0.3 is 6.61 Å². The Labute approximate surface area is 104 Å². The van der Waals surface area contributed by atoms with Gasteiger partial charge in [0.2, 0.25) is 0 Å². The number of methoxy groups -OCH3 is 1. The second-order valence-electron chi connectivity index (χ2n) is 3.81.